The minimum atomic E-state index is -1.43. The van der Waals surface area contributed by atoms with Crippen molar-refractivity contribution in [2.75, 3.05) is 0 Å². The van der Waals surface area contributed by atoms with Gasteiger partial charge >= 0.3 is 0 Å². The van der Waals surface area contributed by atoms with Crippen molar-refractivity contribution < 1.29 is 9.90 Å². The lowest BCUT2D eigenvalue weighted by Crippen LogP contribution is -2.29. The highest BCUT2D eigenvalue weighted by Gasteiger charge is 2.21. The second kappa shape index (κ2) is 4.74. The van der Waals surface area contributed by atoms with Crippen LogP contribution in [0.15, 0.2) is 42.1 Å². The van der Waals surface area contributed by atoms with E-state index in [9.17, 15) is 9.90 Å². The summed E-state index contributed by atoms with van der Waals surface area (Å²) in [6, 6.07) is 9.59. The molecule has 1 unspecified atom stereocenters. The van der Waals surface area contributed by atoms with E-state index in [2.05, 4.69) is 5.73 Å². The number of aliphatic hydroxyl groups is 1. The second-order valence-corrected chi connectivity index (χ2v) is 3.57. The second-order valence-electron chi connectivity index (χ2n) is 3.57. The molecule has 1 N–H and O–H groups in total. The molecule has 0 spiro atoms. The summed E-state index contributed by atoms with van der Waals surface area (Å²) in [5.41, 5.74) is 2.36. The van der Waals surface area contributed by atoms with E-state index in [0.717, 1.165) is 5.56 Å². The third-order valence-electron chi connectivity index (χ3n) is 2.13. The van der Waals surface area contributed by atoms with Gasteiger partial charge in [-0.05, 0) is 31.6 Å². The topological polar surface area (TPSA) is 37.3 Å². The first-order valence-electron chi connectivity index (χ1n) is 4.74. The summed E-state index contributed by atoms with van der Waals surface area (Å²) in [4.78, 5) is 11.0. The Hall–Kier alpha value is -1.63. The molecule has 0 saturated heterocycles. The van der Waals surface area contributed by atoms with Gasteiger partial charge < -0.3 is 5.11 Å². The summed E-state index contributed by atoms with van der Waals surface area (Å²) in [6.45, 7) is 2.79. The fraction of sp³-hybridized carbons (Fsp3) is 0.231. The molecule has 0 aromatic heterocycles. The molecule has 0 fully saturated rings. The van der Waals surface area contributed by atoms with Crippen LogP contribution in [-0.4, -0.2) is 16.5 Å². The van der Waals surface area contributed by atoms with Gasteiger partial charge in [-0.15, -0.1) is 5.73 Å². The lowest BCUT2D eigenvalue weighted by atomic mass is 10.0. The van der Waals surface area contributed by atoms with Crippen LogP contribution >= 0.6 is 0 Å². The summed E-state index contributed by atoms with van der Waals surface area (Å²) in [6.07, 6.45) is 3.08. The number of hydrogen-bond donors (Lipinski definition) is 1. The largest absolute Gasteiger partial charge is 0.378 e. The first-order valence-corrected chi connectivity index (χ1v) is 4.74. The molecule has 1 atom stereocenters. The number of rotatable bonds is 3. The Bertz CT molecular complexity index is 396. The molecule has 0 radical (unpaired) electrons. The Kier molecular flexibility index (Phi) is 3.62. The van der Waals surface area contributed by atoms with Crippen molar-refractivity contribution in [1.29, 1.82) is 0 Å². The van der Waals surface area contributed by atoms with E-state index >= 15 is 0 Å². The van der Waals surface area contributed by atoms with Crippen LogP contribution in [0.3, 0.4) is 0 Å². The molecule has 0 aliphatic rings. The van der Waals surface area contributed by atoms with Gasteiger partial charge in [0.1, 0.15) is 5.60 Å². The average molecular weight is 202 g/mol. The minimum absolute atomic E-state index is 0.295. The molecule has 2 heteroatoms. The maximum atomic E-state index is 11.0. The number of benzene rings is 1. The van der Waals surface area contributed by atoms with Gasteiger partial charge in [-0.1, -0.05) is 30.3 Å². The van der Waals surface area contributed by atoms with Crippen LogP contribution in [-0.2, 0) is 4.79 Å². The summed E-state index contributed by atoms with van der Waals surface area (Å²) >= 11 is 0. The third kappa shape index (κ3) is 3.55. The van der Waals surface area contributed by atoms with E-state index in [0.29, 0.717) is 0 Å². The molecule has 2 nitrogen and oxygen atoms in total. The SMILES string of the molecule is CC(=O)C(C)(O)C=C=Cc1ccccc1. The van der Waals surface area contributed by atoms with Gasteiger partial charge in [0, 0.05) is 0 Å². The lowest BCUT2D eigenvalue weighted by molar-refractivity contribution is -0.129. The van der Waals surface area contributed by atoms with Gasteiger partial charge in [0.25, 0.3) is 0 Å². The predicted molar refractivity (Wildman–Crippen MR) is 60.3 cm³/mol. The van der Waals surface area contributed by atoms with Gasteiger partial charge in [-0.2, -0.15) is 0 Å². The standard InChI is InChI=1S/C13H14O2/c1-11(14)13(2,15)10-6-9-12-7-4-3-5-8-12/h3-5,7-10,15H,1-2H3. The number of carbonyl (C=O) groups excluding carboxylic acids is 1. The maximum absolute atomic E-state index is 11.0. The predicted octanol–water partition coefficient (Wildman–Crippen LogP) is 2.19. The lowest BCUT2D eigenvalue weighted by Gasteiger charge is -2.11. The van der Waals surface area contributed by atoms with Gasteiger partial charge in [0.05, 0.1) is 0 Å². The number of Topliss-reactive ketones (excluding diaryl/α,β-unsaturated/α-hetero) is 1. The smallest absolute Gasteiger partial charge is 0.165 e. The van der Waals surface area contributed by atoms with Crippen molar-refractivity contribution in [3.63, 3.8) is 0 Å². The van der Waals surface area contributed by atoms with Gasteiger partial charge in [-0.3, -0.25) is 4.79 Å². The van der Waals surface area contributed by atoms with Crippen molar-refractivity contribution in [3.8, 4) is 0 Å². The zero-order valence-corrected chi connectivity index (χ0v) is 8.90. The van der Waals surface area contributed by atoms with Crippen LogP contribution in [0.25, 0.3) is 6.08 Å². The van der Waals surface area contributed by atoms with Crippen LogP contribution in [0.2, 0.25) is 0 Å². The molecule has 0 bridgehead atoms. The Morgan fingerprint density at radius 3 is 2.53 bits per heavy atom. The highest BCUT2D eigenvalue weighted by atomic mass is 16.3. The molecule has 15 heavy (non-hydrogen) atoms. The minimum Gasteiger partial charge on any atom is -0.378 e. The molecular weight excluding hydrogens is 188 g/mol. The molecular formula is C13H14O2. The highest BCUT2D eigenvalue weighted by molar-refractivity contribution is 5.86. The van der Waals surface area contributed by atoms with E-state index in [1.54, 1.807) is 6.08 Å². The van der Waals surface area contributed by atoms with Crippen molar-refractivity contribution in [2.24, 2.45) is 0 Å². The molecule has 0 aliphatic heterocycles. The number of ketones is 1. The van der Waals surface area contributed by atoms with E-state index < -0.39 is 5.60 Å². The Morgan fingerprint density at radius 1 is 1.40 bits per heavy atom. The van der Waals surface area contributed by atoms with Crippen LogP contribution in [0, 0.1) is 0 Å². The van der Waals surface area contributed by atoms with Crippen LogP contribution in [0.1, 0.15) is 19.4 Å². The van der Waals surface area contributed by atoms with Gasteiger partial charge in [-0.25, -0.2) is 0 Å². The van der Waals surface area contributed by atoms with Crippen LogP contribution in [0.5, 0.6) is 0 Å². The summed E-state index contributed by atoms with van der Waals surface area (Å²) in [5, 5.41) is 9.58. The summed E-state index contributed by atoms with van der Waals surface area (Å²) < 4.78 is 0. The zero-order chi connectivity index (χ0) is 11.3. The van der Waals surface area contributed by atoms with Crippen molar-refractivity contribution in [3.05, 3.63) is 47.7 Å². The number of carbonyl (C=O) groups is 1. The maximum Gasteiger partial charge on any atom is 0.165 e. The molecule has 1 rings (SSSR count). The summed E-state index contributed by atoms with van der Waals surface area (Å²) in [7, 11) is 0. The Labute approximate surface area is 89.6 Å². The fourth-order valence-electron chi connectivity index (χ4n) is 0.951. The molecule has 0 aliphatic carbocycles. The van der Waals surface area contributed by atoms with Crippen LogP contribution < -0.4 is 0 Å². The quantitative estimate of drug-likeness (QED) is 0.763. The van der Waals surface area contributed by atoms with E-state index in [1.165, 1.54) is 19.9 Å². The molecule has 0 amide bonds. The van der Waals surface area contributed by atoms with Gasteiger partial charge in [0.2, 0.25) is 0 Å². The van der Waals surface area contributed by atoms with Crippen LogP contribution in [0.4, 0.5) is 0 Å². The Balaban J connectivity index is 2.82. The van der Waals surface area contributed by atoms with Gasteiger partial charge in [0.15, 0.2) is 5.78 Å². The average Bonchev–Trinajstić information content (AvgIpc) is 2.19. The third-order valence-corrected chi connectivity index (χ3v) is 2.13. The van der Waals surface area contributed by atoms with Crippen molar-refractivity contribution in [1.82, 2.24) is 0 Å². The molecule has 1 aromatic rings. The molecule has 1 aromatic carbocycles. The Morgan fingerprint density at radius 2 is 2.00 bits per heavy atom. The molecule has 0 saturated carbocycles. The zero-order valence-electron chi connectivity index (χ0n) is 8.90. The first-order chi connectivity index (χ1) is 7.02. The van der Waals surface area contributed by atoms with E-state index in [-0.39, 0.29) is 5.78 Å². The first kappa shape index (κ1) is 11.4. The van der Waals surface area contributed by atoms with Crippen molar-refractivity contribution in [2.45, 2.75) is 19.4 Å². The molecule has 78 valence electrons. The van der Waals surface area contributed by atoms with Crippen molar-refractivity contribution >= 4 is 11.9 Å². The van der Waals surface area contributed by atoms with E-state index in [4.69, 9.17) is 0 Å². The highest BCUT2D eigenvalue weighted by Crippen LogP contribution is 2.06. The fourth-order valence-corrected chi connectivity index (χ4v) is 0.951. The van der Waals surface area contributed by atoms with E-state index in [1.807, 2.05) is 30.3 Å². The number of hydrogen-bond acceptors (Lipinski definition) is 2. The molecule has 0 heterocycles. The summed E-state index contributed by atoms with van der Waals surface area (Å²) in [5.74, 6) is -0.295. The monoisotopic (exact) mass is 202 g/mol. The normalized spacial score (nSPS) is 13.5.